The fraction of sp³-hybridized carbons (Fsp3) is 0.400. The molecule has 1 N–H and O–H groups in total. The van der Waals surface area contributed by atoms with E-state index < -0.39 is 20.9 Å². The van der Waals surface area contributed by atoms with Crippen LogP contribution in [0.15, 0.2) is 33.9 Å². The van der Waals surface area contributed by atoms with Crippen LogP contribution in [0.5, 0.6) is 0 Å². The lowest BCUT2D eigenvalue weighted by Gasteiger charge is -2.05. The molecule has 130 valence electrons. The predicted octanol–water partition coefficient (Wildman–Crippen LogP) is 1.50. The maximum absolute atomic E-state index is 12.9. The molecule has 0 saturated heterocycles. The number of nitrogens with zero attached hydrogens (tertiary/aromatic N) is 2. The van der Waals surface area contributed by atoms with Gasteiger partial charge in [-0.1, -0.05) is 31.1 Å². The van der Waals surface area contributed by atoms with Crippen molar-refractivity contribution in [3.05, 3.63) is 41.5 Å². The summed E-state index contributed by atoms with van der Waals surface area (Å²) in [5, 5.41) is 9.40. The summed E-state index contributed by atoms with van der Waals surface area (Å²) >= 11 is 0. The molecule has 0 spiro atoms. The van der Waals surface area contributed by atoms with Gasteiger partial charge in [0, 0.05) is 18.9 Å². The molecule has 0 aliphatic heterocycles. The first-order chi connectivity index (χ1) is 11.3. The Hall–Kier alpha value is -2.29. The minimum atomic E-state index is -3.81. The van der Waals surface area contributed by atoms with Gasteiger partial charge in [0.2, 0.25) is 21.6 Å². The third kappa shape index (κ3) is 4.85. The Bertz CT molecular complexity index is 800. The van der Waals surface area contributed by atoms with Crippen LogP contribution in [0.3, 0.4) is 0 Å². The molecule has 24 heavy (non-hydrogen) atoms. The molecule has 9 heteroatoms. The molecule has 0 aliphatic rings. The SMILES string of the molecule is CC(C)C(=O)NCCc1nnc(S(=O)(=O)Cc2ccc(F)cc2)o1. The van der Waals surface area contributed by atoms with Crippen molar-refractivity contribution in [3.8, 4) is 0 Å². The maximum atomic E-state index is 12.9. The van der Waals surface area contributed by atoms with Gasteiger partial charge in [-0.25, -0.2) is 12.8 Å². The summed E-state index contributed by atoms with van der Waals surface area (Å²) in [6, 6.07) is 5.13. The van der Waals surface area contributed by atoms with Gasteiger partial charge in [-0.05, 0) is 17.7 Å². The molecule has 0 radical (unpaired) electrons. The van der Waals surface area contributed by atoms with Gasteiger partial charge in [0.15, 0.2) is 0 Å². The second-order valence-electron chi connectivity index (χ2n) is 5.54. The number of halogens is 1. The van der Waals surface area contributed by atoms with E-state index in [1.807, 2.05) is 0 Å². The smallest absolute Gasteiger partial charge is 0.335 e. The summed E-state index contributed by atoms with van der Waals surface area (Å²) < 4.78 is 42.4. The lowest BCUT2D eigenvalue weighted by atomic mass is 10.2. The summed E-state index contributed by atoms with van der Waals surface area (Å²) in [5.41, 5.74) is 0.417. The molecule has 1 aromatic heterocycles. The van der Waals surface area contributed by atoms with Crippen LogP contribution in [0.25, 0.3) is 0 Å². The fourth-order valence-electron chi connectivity index (χ4n) is 1.82. The van der Waals surface area contributed by atoms with Gasteiger partial charge in [-0.2, -0.15) is 0 Å². The fourth-order valence-corrected chi connectivity index (χ4v) is 2.97. The number of sulfone groups is 1. The molecule has 1 aromatic carbocycles. The zero-order chi connectivity index (χ0) is 17.7. The van der Waals surface area contributed by atoms with E-state index in [-0.39, 0.29) is 36.4 Å². The van der Waals surface area contributed by atoms with E-state index in [2.05, 4.69) is 15.5 Å². The minimum absolute atomic E-state index is 0.112. The van der Waals surface area contributed by atoms with Gasteiger partial charge in [-0.15, -0.1) is 5.10 Å². The van der Waals surface area contributed by atoms with Crippen molar-refractivity contribution in [1.82, 2.24) is 15.5 Å². The van der Waals surface area contributed by atoms with Crippen LogP contribution in [0.2, 0.25) is 0 Å². The Labute approximate surface area is 139 Å². The molecule has 0 aliphatic carbocycles. The summed E-state index contributed by atoms with van der Waals surface area (Å²) in [7, 11) is -3.81. The topological polar surface area (TPSA) is 102 Å². The molecule has 0 atom stereocenters. The van der Waals surface area contributed by atoms with Crippen LogP contribution in [0.1, 0.15) is 25.3 Å². The van der Waals surface area contributed by atoms with Gasteiger partial charge in [0.05, 0.1) is 5.75 Å². The number of aromatic nitrogens is 2. The highest BCUT2D eigenvalue weighted by Crippen LogP contribution is 2.16. The molecule has 2 aromatic rings. The highest BCUT2D eigenvalue weighted by molar-refractivity contribution is 7.90. The molecule has 0 unspecified atom stereocenters. The summed E-state index contributed by atoms with van der Waals surface area (Å²) in [6.45, 7) is 3.81. The molecule has 1 amide bonds. The van der Waals surface area contributed by atoms with Crippen LogP contribution in [0.4, 0.5) is 4.39 Å². The van der Waals surface area contributed by atoms with Crippen molar-refractivity contribution in [3.63, 3.8) is 0 Å². The lowest BCUT2D eigenvalue weighted by molar-refractivity contribution is -0.123. The first-order valence-electron chi connectivity index (χ1n) is 7.35. The Kier molecular flexibility index (Phi) is 5.66. The molecular weight excluding hydrogens is 337 g/mol. The third-order valence-corrected chi connectivity index (χ3v) is 4.56. The largest absolute Gasteiger partial charge is 0.412 e. The molecule has 0 fully saturated rings. The van der Waals surface area contributed by atoms with Crippen molar-refractivity contribution in [2.45, 2.75) is 31.2 Å². The van der Waals surface area contributed by atoms with Crippen molar-refractivity contribution in [1.29, 1.82) is 0 Å². The maximum Gasteiger partial charge on any atom is 0.335 e. The molecule has 7 nitrogen and oxygen atoms in total. The monoisotopic (exact) mass is 355 g/mol. The van der Waals surface area contributed by atoms with Crippen molar-refractivity contribution in [2.75, 3.05) is 6.54 Å². The molecule has 2 rings (SSSR count). The lowest BCUT2D eigenvalue weighted by Crippen LogP contribution is -2.29. The van der Waals surface area contributed by atoms with E-state index >= 15 is 0 Å². The second kappa shape index (κ2) is 7.52. The summed E-state index contributed by atoms with van der Waals surface area (Å²) in [4.78, 5) is 11.4. The van der Waals surface area contributed by atoms with Crippen LogP contribution in [-0.2, 0) is 26.8 Å². The Morgan fingerprint density at radius 1 is 1.25 bits per heavy atom. The molecule has 1 heterocycles. The van der Waals surface area contributed by atoms with Crippen molar-refractivity contribution in [2.24, 2.45) is 5.92 Å². The summed E-state index contributed by atoms with van der Waals surface area (Å²) in [5.74, 6) is -0.937. The number of hydrogen-bond donors (Lipinski definition) is 1. The van der Waals surface area contributed by atoms with E-state index in [1.54, 1.807) is 13.8 Å². The van der Waals surface area contributed by atoms with E-state index in [4.69, 9.17) is 4.42 Å². The number of nitrogens with one attached hydrogen (secondary N) is 1. The van der Waals surface area contributed by atoms with Crippen molar-refractivity contribution < 1.29 is 22.0 Å². The van der Waals surface area contributed by atoms with E-state index in [0.29, 0.717) is 5.56 Å². The van der Waals surface area contributed by atoms with Gasteiger partial charge in [-0.3, -0.25) is 4.79 Å². The average Bonchev–Trinajstić information content (AvgIpc) is 2.99. The number of carbonyl (C=O) groups is 1. The number of benzene rings is 1. The number of carbonyl (C=O) groups excluding carboxylic acids is 1. The van der Waals surface area contributed by atoms with Gasteiger partial charge in [0.1, 0.15) is 5.82 Å². The molecule has 0 saturated carbocycles. The van der Waals surface area contributed by atoms with Gasteiger partial charge in [0.25, 0.3) is 0 Å². The van der Waals surface area contributed by atoms with E-state index in [9.17, 15) is 17.6 Å². The minimum Gasteiger partial charge on any atom is -0.412 e. The first kappa shape index (κ1) is 18.1. The van der Waals surface area contributed by atoms with Crippen LogP contribution in [-0.4, -0.2) is 31.1 Å². The molecular formula is C15H18FN3O4S. The van der Waals surface area contributed by atoms with Gasteiger partial charge < -0.3 is 9.73 Å². The van der Waals surface area contributed by atoms with Crippen molar-refractivity contribution >= 4 is 15.7 Å². The molecule has 0 bridgehead atoms. The standard InChI is InChI=1S/C15H18FN3O4S/c1-10(2)14(20)17-8-7-13-18-19-15(23-13)24(21,22)9-11-3-5-12(16)6-4-11/h3-6,10H,7-9H2,1-2H3,(H,17,20). The first-order valence-corrected chi connectivity index (χ1v) is 9.00. The second-order valence-corrected chi connectivity index (χ2v) is 7.41. The highest BCUT2D eigenvalue weighted by atomic mass is 32.2. The quantitative estimate of drug-likeness (QED) is 0.807. The van der Waals surface area contributed by atoms with E-state index in [1.165, 1.54) is 24.3 Å². The third-order valence-electron chi connectivity index (χ3n) is 3.15. The Balaban J connectivity index is 1.98. The van der Waals surface area contributed by atoms with E-state index in [0.717, 1.165) is 0 Å². The van der Waals surface area contributed by atoms with Crippen LogP contribution in [0, 0.1) is 11.7 Å². The predicted molar refractivity (Wildman–Crippen MR) is 83.1 cm³/mol. The van der Waals surface area contributed by atoms with Crippen LogP contribution < -0.4 is 5.32 Å². The normalized spacial score (nSPS) is 11.7. The number of rotatable bonds is 7. The summed E-state index contributed by atoms with van der Waals surface area (Å²) in [6.07, 6.45) is 0.234. The average molecular weight is 355 g/mol. The zero-order valence-electron chi connectivity index (χ0n) is 13.3. The zero-order valence-corrected chi connectivity index (χ0v) is 14.1. The number of hydrogen-bond acceptors (Lipinski definition) is 6. The van der Waals surface area contributed by atoms with Gasteiger partial charge >= 0.3 is 5.22 Å². The van der Waals surface area contributed by atoms with Crippen LogP contribution >= 0.6 is 0 Å². The Morgan fingerprint density at radius 3 is 2.54 bits per heavy atom. The highest BCUT2D eigenvalue weighted by Gasteiger charge is 2.23. The Morgan fingerprint density at radius 2 is 1.92 bits per heavy atom. The number of amides is 1.